The van der Waals surface area contributed by atoms with E-state index in [4.69, 9.17) is 5.26 Å². The maximum Gasteiger partial charge on any atom is 0.227 e. The molecule has 0 aliphatic carbocycles. The fourth-order valence-corrected chi connectivity index (χ4v) is 1.06. The quantitative estimate of drug-likeness (QED) is 0.558. The van der Waals surface area contributed by atoms with Gasteiger partial charge in [-0.2, -0.15) is 5.26 Å². The molecule has 3 heteroatoms. The molecule has 11 heavy (non-hydrogen) atoms. The van der Waals surface area contributed by atoms with E-state index in [1.807, 2.05) is 6.92 Å². The third-order valence-corrected chi connectivity index (χ3v) is 1.86. The van der Waals surface area contributed by atoms with Crippen LogP contribution in [0.4, 0.5) is 0 Å². The lowest BCUT2D eigenvalue weighted by Gasteiger charge is -2.19. The van der Waals surface area contributed by atoms with Crippen LogP contribution in [0.5, 0.6) is 0 Å². The van der Waals surface area contributed by atoms with Gasteiger partial charge in [0, 0.05) is 17.2 Å². The molecule has 1 N–H and O–H groups in total. The summed E-state index contributed by atoms with van der Waals surface area (Å²) in [6.07, 6.45) is 0.578. The maximum atomic E-state index is 11.0. The van der Waals surface area contributed by atoms with E-state index in [-0.39, 0.29) is 11.8 Å². The highest BCUT2D eigenvalue weighted by atomic mass is 16.1. The monoisotopic (exact) mass is 150 g/mol. The molecule has 1 heterocycles. The lowest BCUT2D eigenvalue weighted by molar-refractivity contribution is -0.124. The number of nitrogens with one attached hydrogen (secondary N) is 1. The van der Waals surface area contributed by atoms with Crippen molar-refractivity contribution in [3.05, 3.63) is 11.3 Å². The van der Waals surface area contributed by atoms with Gasteiger partial charge in [0.2, 0.25) is 5.91 Å². The topological polar surface area (TPSA) is 52.9 Å². The van der Waals surface area contributed by atoms with Crippen LogP contribution in [0.1, 0.15) is 20.3 Å². The summed E-state index contributed by atoms with van der Waals surface area (Å²) in [5.41, 5.74) is 1.40. The van der Waals surface area contributed by atoms with Crippen molar-refractivity contribution in [1.82, 2.24) is 5.32 Å². The number of hydrogen-bond acceptors (Lipinski definition) is 2. The fraction of sp³-hybridized carbons (Fsp3) is 0.500. The summed E-state index contributed by atoms with van der Waals surface area (Å²) >= 11 is 0. The molecule has 1 unspecified atom stereocenters. The van der Waals surface area contributed by atoms with Gasteiger partial charge in [-0.05, 0) is 13.3 Å². The smallest absolute Gasteiger partial charge is 0.227 e. The van der Waals surface area contributed by atoms with Crippen molar-refractivity contribution in [3.63, 3.8) is 0 Å². The van der Waals surface area contributed by atoms with Crippen LogP contribution in [-0.4, -0.2) is 5.91 Å². The van der Waals surface area contributed by atoms with Crippen molar-refractivity contribution >= 4 is 5.91 Å². The highest BCUT2D eigenvalue weighted by Gasteiger charge is 2.21. The molecule has 1 aliphatic rings. The molecular formula is C8H10N2O. The maximum absolute atomic E-state index is 11.0. The Morgan fingerprint density at radius 3 is 2.91 bits per heavy atom. The lowest BCUT2D eigenvalue weighted by atomic mass is 9.96. The van der Waals surface area contributed by atoms with Crippen LogP contribution < -0.4 is 5.32 Å². The molecule has 0 saturated heterocycles. The third kappa shape index (κ3) is 1.40. The molecule has 0 saturated carbocycles. The minimum atomic E-state index is -0.0617. The Bertz CT molecular complexity index is 260. The number of nitrogens with zero attached hydrogens (tertiary/aromatic N) is 1. The van der Waals surface area contributed by atoms with E-state index < -0.39 is 0 Å². The zero-order valence-electron chi connectivity index (χ0n) is 6.64. The standard InChI is InChI=1S/C8H10N2O/c1-5-3-7(4-9)6(2)10-8(5)11/h5H,3H2,1-2H3,(H,10,11). The average Bonchev–Trinajstić information content (AvgIpc) is 1.97. The fourth-order valence-electron chi connectivity index (χ4n) is 1.06. The number of allylic oxidation sites excluding steroid dienone is 2. The molecule has 1 aliphatic heterocycles. The van der Waals surface area contributed by atoms with E-state index in [1.165, 1.54) is 0 Å². The molecule has 1 atom stereocenters. The number of carbonyl (C=O) groups is 1. The van der Waals surface area contributed by atoms with Crippen LogP contribution in [0, 0.1) is 17.2 Å². The van der Waals surface area contributed by atoms with Crippen molar-refractivity contribution < 1.29 is 4.79 Å². The highest BCUT2D eigenvalue weighted by molar-refractivity contribution is 5.82. The summed E-state index contributed by atoms with van der Waals surface area (Å²) in [5, 5.41) is 11.3. The Morgan fingerprint density at radius 1 is 1.73 bits per heavy atom. The van der Waals surface area contributed by atoms with Gasteiger partial charge in [0.05, 0.1) is 6.07 Å². The SMILES string of the molecule is CC1=C(C#N)CC(C)C(=O)N1. The minimum Gasteiger partial charge on any atom is -0.329 e. The predicted molar refractivity (Wildman–Crippen MR) is 40.2 cm³/mol. The summed E-state index contributed by atoms with van der Waals surface area (Å²) in [5.74, 6) is -0.0464. The zero-order chi connectivity index (χ0) is 8.43. The van der Waals surface area contributed by atoms with Crippen LogP contribution >= 0.6 is 0 Å². The Balaban J connectivity index is 2.90. The van der Waals surface area contributed by atoms with Crippen LogP contribution in [0.25, 0.3) is 0 Å². The minimum absolute atomic E-state index is 0.0153. The largest absolute Gasteiger partial charge is 0.329 e. The van der Waals surface area contributed by atoms with Gasteiger partial charge in [-0.15, -0.1) is 0 Å². The van der Waals surface area contributed by atoms with Gasteiger partial charge in [0.25, 0.3) is 0 Å². The van der Waals surface area contributed by atoms with Crippen LogP contribution in [0.3, 0.4) is 0 Å². The van der Waals surface area contributed by atoms with Gasteiger partial charge in [-0.25, -0.2) is 0 Å². The van der Waals surface area contributed by atoms with E-state index in [9.17, 15) is 4.79 Å². The van der Waals surface area contributed by atoms with E-state index in [0.717, 1.165) is 0 Å². The van der Waals surface area contributed by atoms with Crippen molar-refractivity contribution in [2.45, 2.75) is 20.3 Å². The first-order valence-electron chi connectivity index (χ1n) is 3.56. The summed E-state index contributed by atoms with van der Waals surface area (Å²) in [7, 11) is 0. The lowest BCUT2D eigenvalue weighted by Crippen LogP contribution is -2.32. The first-order chi connectivity index (χ1) is 5.15. The van der Waals surface area contributed by atoms with E-state index in [0.29, 0.717) is 17.7 Å². The zero-order valence-corrected chi connectivity index (χ0v) is 6.64. The molecule has 0 fully saturated rings. The van der Waals surface area contributed by atoms with Gasteiger partial charge >= 0.3 is 0 Å². The van der Waals surface area contributed by atoms with Crippen molar-refractivity contribution in [1.29, 1.82) is 5.26 Å². The summed E-state index contributed by atoms with van der Waals surface area (Å²) in [4.78, 5) is 11.0. The van der Waals surface area contributed by atoms with Crippen LogP contribution in [-0.2, 0) is 4.79 Å². The summed E-state index contributed by atoms with van der Waals surface area (Å²) in [6, 6.07) is 2.07. The summed E-state index contributed by atoms with van der Waals surface area (Å²) < 4.78 is 0. The number of hydrogen-bond donors (Lipinski definition) is 1. The Labute approximate surface area is 65.7 Å². The Kier molecular flexibility index (Phi) is 1.95. The molecule has 0 bridgehead atoms. The molecule has 0 aromatic carbocycles. The van der Waals surface area contributed by atoms with Crippen LogP contribution in [0.15, 0.2) is 11.3 Å². The molecule has 0 aromatic heterocycles. The predicted octanol–water partition coefficient (Wildman–Crippen LogP) is 0.940. The average molecular weight is 150 g/mol. The van der Waals surface area contributed by atoms with Gasteiger partial charge in [-0.3, -0.25) is 4.79 Å². The van der Waals surface area contributed by atoms with Gasteiger partial charge < -0.3 is 5.32 Å². The van der Waals surface area contributed by atoms with Gasteiger partial charge in [-0.1, -0.05) is 6.92 Å². The number of nitriles is 1. The van der Waals surface area contributed by atoms with E-state index >= 15 is 0 Å². The normalized spacial score (nSPS) is 24.5. The first-order valence-corrected chi connectivity index (χ1v) is 3.56. The number of rotatable bonds is 0. The second kappa shape index (κ2) is 2.75. The molecule has 0 spiro atoms. The van der Waals surface area contributed by atoms with Gasteiger partial charge in [0.15, 0.2) is 0 Å². The second-order valence-corrected chi connectivity index (χ2v) is 2.81. The first kappa shape index (κ1) is 7.80. The van der Waals surface area contributed by atoms with Crippen molar-refractivity contribution in [3.8, 4) is 6.07 Å². The molecule has 0 radical (unpaired) electrons. The van der Waals surface area contributed by atoms with E-state index in [1.54, 1.807) is 6.92 Å². The highest BCUT2D eigenvalue weighted by Crippen LogP contribution is 2.18. The van der Waals surface area contributed by atoms with Gasteiger partial charge in [0.1, 0.15) is 0 Å². The number of carbonyl (C=O) groups excluding carboxylic acids is 1. The van der Waals surface area contributed by atoms with Crippen LogP contribution in [0.2, 0.25) is 0 Å². The molecule has 3 nitrogen and oxygen atoms in total. The second-order valence-electron chi connectivity index (χ2n) is 2.81. The Morgan fingerprint density at radius 2 is 2.36 bits per heavy atom. The van der Waals surface area contributed by atoms with Crippen molar-refractivity contribution in [2.75, 3.05) is 0 Å². The molecule has 0 aromatic rings. The third-order valence-electron chi connectivity index (χ3n) is 1.86. The molecular weight excluding hydrogens is 140 g/mol. The molecule has 58 valence electrons. The van der Waals surface area contributed by atoms with E-state index in [2.05, 4.69) is 11.4 Å². The molecule has 1 amide bonds. The number of amides is 1. The Hall–Kier alpha value is -1.30. The molecule has 1 rings (SSSR count). The summed E-state index contributed by atoms with van der Waals surface area (Å²) in [6.45, 7) is 3.57. The van der Waals surface area contributed by atoms with Crippen molar-refractivity contribution in [2.24, 2.45) is 5.92 Å².